The average molecular weight is 387 g/mol. The van der Waals surface area contributed by atoms with Crippen LogP contribution in [-0.2, 0) is 0 Å². The second-order valence-corrected chi connectivity index (χ2v) is 7.52. The molecule has 134 valence electrons. The largest absolute Gasteiger partial charge is 0.496 e. The number of rotatable bonds is 4. The van der Waals surface area contributed by atoms with Gasteiger partial charge in [-0.25, -0.2) is 15.0 Å². The average Bonchev–Trinajstić information content (AvgIpc) is 3.18. The highest BCUT2D eigenvalue weighted by Gasteiger charge is 2.25. The van der Waals surface area contributed by atoms with Gasteiger partial charge in [0.2, 0.25) is 0 Å². The predicted molar refractivity (Wildman–Crippen MR) is 105 cm³/mol. The van der Waals surface area contributed by atoms with Crippen LogP contribution in [0.2, 0.25) is 5.02 Å². The first-order valence-corrected chi connectivity index (χ1v) is 9.81. The van der Waals surface area contributed by atoms with E-state index in [0.29, 0.717) is 10.9 Å². The van der Waals surface area contributed by atoms with Crippen LogP contribution < -0.4 is 9.64 Å². The Bertz CT molecular complexity index is 893. The molecule has 0 radical (unpaired) electrons. The summed E-state index contributed by atoms with van der Waals surface area (Å²) in [5.74, 6) is 2.16. The maximum absolute atomic E-state index is 6.22. The molecule has 0 spiro atoms. The zero-order valence-corrected chi connectivity index (χ0v) is 16.0. The van der Waals surface area contributed by atoms with E-state index in [4.69, 9.17) is 21.3 Å². The van der Waals surface area contributed by atoms with Gasteiger partial charge in [-0.2, -0.15) is 0 Å². The van der Waals surface area contributed by atoms with Crippen LogP contribution >= 0.6 is 22.9 Å². The molecule has 0 aliphatic carbocycles. The van der Waals surface area contributed by atoms with Gasteiger partial charge in [0.15, 0.2) is 5.82 Å². The molecule has 0 amide bonds. The summed E-state index contributed by atoms with van der Waals surface area (Å²) in [6, 6.07) is 8.01. The Morgan fingerprint density at radius 3 is 2.81 bits per heavy atom. The van der Waals surface area contributed by atoms with E-state index in [2.05, 4.69) is 26.3 Å². The summed E-state index contributed by atoms with van der Waals surface area (Å²) in [5.41, 5.74) is 2.03. The predicted octanol–water partition coefficient (Wildman–Crippen LogP) is 4.65. The van der Waals surface area contributed by atoms with Gasteiger partial charge < -0.3 is 9.64 Å². The topological polar surface area (TPSA) is 51.1 Å². The number of thiazole rings is 1. The van der Waals surface area contributed by atoms with Crippen molar-refractivity contribution in [3.05, 3.63) is 52.2 Å². The van der Waals surface area contributed by atoms with Crippen molar-refractivity contribution in [1.82, 2.24) is 15.0 Å². The van der Waals surface area contributed by atoms with Crippen molar-refractivity contribution in [2.24, 2.45) is 0 Å². The van der Waals surface area contributed by atoms with Crippen molar-refractivity contribution in [3.8, 4) is 17.0 Å². The quantitative estimate of drug-likeness (QED) is 0.653. The van der Waals surface area contributed by atoms with Crippen molar-refractivity contribution in [3.63, 3.8) is 0 Å². The van der Waals surface area contributed by atoms with Crippen molar-refractivity contribution in [2.75, 3.05) is 25.1 Å². The Balaban J connectivity index is 1.47. The Morgan fingerprint density at radius 1 is 1.23 bits per heavy atom. The lowest BCUT2D eigenvalue weighted by Crippen LogP contribution is -2.33. The zero-order valence-electron chi connectivity index (χ0n) is 14.4. The lowest BCUT2D eigenvalue weighted by atomic mass is 9.97. The number of para-hydroxylation sites is 1. The smallest absolute Gasteiger partial charge is 0.150 e. The molecule has 0 atom stereocenters. The molecule has 3 aromatic rings. The minimum atomic E-state index is 0.473. The lowest BCUT2D eigenvalue weighted by molar-refractivity contribution is 0.416. The monoisotopic (exact) mass is 386 g/mol. The minimum Gasteiger partial charge on any atom is -0.496 e. The highest BCUT2D eigenvalue weighted by molar-refractivity contribution is 7.10. The van der Waals surface area contributed by atoms with E-state index < -0.39 is 0 Å². The van der Waals surface area contributed by atoms with E-state index in [0.717, 1.165) is 48.8 Å². The van der Waals surface area contributed by atoms with Crippen LogP contribution in [0, 0.1) is 0 Å². The fraction of sp³-hybridized carbons (Fsp3) is 0.316. The van der Waals surface area contributed by atoms with Crippen LogP contribution in [0.5, 0.6) is 5.75 Å². The van der Waals surface area contributed by atoms with Gasteiger partial charge in [-0.3, -0.25) is 0 Å². The standard InChI is InChI=1S/C19H19ClN4OS/c1-25-17-5-3-2-4-14(17)16-11-26-19(23-16)13-6-8-24(9-7-13)18-15(20)10-21-12-22-18/h2-5,10-13H,6-9H2,1H3. The number of benzene rings is 1. The first-order valence-electron chi connectivity index (χ1n) is 8.55. The summed E-state index contributed by atoms with van der Waals surface area (Å²) in [6.07, 6.45) is 5.28. The molecule has 1 aromatic carbocycles. The van der Waals surface area contributed by atoms with Gasteiger partial charge in [-0.15, -0.1) is 11.3 Å². The van der Waals surface area contributed by atoms with E-state index in [9.17, 15) is 0 Å². The highest BCUT2D eigenvalue weighted by atomic mass is 35.5. The third kappa shape index (κ3) is 3.39. The van der Waals surface area contributed by atoms with E-state index in [-0.39, 0.29) is 0 Å². The van der Waals surface area contributed by atoms with Gasteiger partial charge in [0.05, 0.1) is 24.0 Å². The van der Waals surface area contributed by atoms with E-state index in [1.54, 1.807) is 31.0 Å². The van der Waals surface area contributed by atoms with Crippen LogP contribution in [0.25, 0.3) is 11.3 Å². The fourth-order valence-electron chi connectivity index (χ4n) is 3.33. The zero-order chi connectivity index (χ0) is 17.9. The number of halogens is 1. The number of methoxy groups -OCH3 is 1. The minimum absolute atomic E-state index is 0.473. The molecule has 5 nitrogen and oxygen atoms in total. The molecule has 0 N–H and O–H groups in total. The van der Waals surface area contributed by atoms with Crippen LogP contribution in [0.3, 0.4) is 0 Å². The molecule has 7 heteroatoms. The second kappa shape index (κ2) is 7.60. The molecular weight excluding hydrogens is 368 g/mol. The van der Waals surface area contributed by atoms with E-state index in [1.807, 2.05) is 18.2 Å². The SMILES string of the molecule is COc1ccccc1-c1csc(C2CCN(c3ncncc3Cl)CC2)n1. The summed E-state index contributed by atoms with van der Waals surface area (Å²) >= 11 is 7.96. The summed E-state index contributed by atoms with van der Waals surface area (Å²) in [6.45, 7) is 1.84. The Hall–Kier alpha value is -2.18. The molecule has 0 unspecified atom stereocenters. The first-order chi connectivity index (χ1) is 12.8. The maximum atomic E-state index is 6.22. The molecule has 3 heterocycles. The van der Waals surface area contributed by atoms with Crippen molar-refractivity contribution < 1.29 is 4.74 Å². The molecule has 1 saturated heterocycles. The summed E-state index contributed by atoms with van der Waals surface area (Å²) in [7, 11) is 1.69. The summed E-state index contributed by atoms with van der Waals surface area (Å²) < 4.78 is 5.46. The van der Waals surface area contributed by atoms with Gasteiger partial charge in [0.1, 0.15) is 17.1 Å². The molecule has 26 heavy (non-hydrogen) atoms. The van der Waals surface area contributed by atoms with Crippen LogP contribution in [0.1, 0.15) is 23.8 Å². The van der Waals surface area contributed by atoms with Gasteiger partial charge in [-0.1, -0.05) is 23.7 Å². The first kappa shape index (κ1) is 17.2. The molecule has 0 bridgehead atoms. The normalized spacial score (nSPS) is 15.2. The van der Waals surface area contributed by atoms with E-state index in [1.165, 1.54) is 5.01 Å². The Kier molecular flexibility index (Phi) is 5.04. The van der Waals surface area contributed by atoms with Crippen molar-refractivity contribution in [1.29, 1.82) is 0 Å². The third-order valence-corrected chi connectivity index (χ3v) is 5.97. The maximum Gasteiger partial charge on any atom is 0.150 e. The number of hydrogen-bond donors (Lipinski definition) is 0. The number of anilines is 1. The summed E-state index contributed by atoms with van der Waals surface area (Å²) in [5, 5.41) is 3.93. The molecule has 1 aliphatic rings. The van der Waals surface area contributed by atoms with Gasteiger partial charge in [0, 0.05) is 30.0 Å². The molecular formula is C19H19ClN4OS. The number of aromatic nitrogens is 3. The van der Waals surface area contributed by atoms with Gasteiger partial charge >= 0.3 is 0 Å². The summed E-state index contributed by atoms with van der Waals surface area (Å²) in [4.78, 5) is 15.4. The molecule has 1 fully saturated rings. The lowest BCUT2D eigenvalue weighted by Gasteiger charge is -2.32. The third-order valence-electron chi connectivity index (χ3n) is 4.70. The number of hydrogen-bond acceptors (Lipinski definition) is 6. The van der Waals surface area contributed by atoms with Gasteiger partial charge in [-0.05, 0) is 25.0 Å². The number of piperidine rings is 1. The van der Waals surface area contributed by atoms with Crippen LogP contribution in [-0.4, -0.2) is 35.2 Å². The number of nitrogens with zero attached hydrogens (tertiary/aromatic N) is 4. The fourth-order valence-corrected chi connectivity index (χ4v) is 4.55. The second-order valence-electron chi connectivity index (χ2n) is 6.23. The molecule has 2 aromatic heterocycles. The molecule has 1 aliphatic heterocycles. The van der Waals surface area contributed by atoms with Crippen molar-refractivity contribution in [2.45, 2.75) is 18.8 Å². The molecule has 4 rings (SSSR count). The Morgan fingerprint density at radius 2 is 2.04 bits per heavy atom. The van der Waals surface area contributed by atoms with Crippen LogP contribution in [0.15, 0.2) is 42.2 Å². The Labute approximate surface area is 161 Å². The van der Waals surface area contributed by atoms with Gasteiger partial charge in [0.25, 0.3) is 0 Å². The van der Waals surface area contributed by atoms with Crippen LogP contribution in [0.4, 0.5) is 5.82 Å². The highest BCUT2D eigenvalue weighted by Crippen LogP contribution is 2.36. The molecule has 0 saturated carbocycles. The van der Waals surface area contributed by atoms with E-state index >= 15 is 0 Å². The van der Waals surface area contributed by atoms with Crippen molar-refractivity contribution >= 4 is 28.8 Å². The number of ether oxygens (including phenoxy) is 1.